The van der Waals surface area contributed by atoms with Gasteiger partial charge in [0.2, 0.25) is 6.54 Å². The Kier molecular flexibility index (Phi) is 5.28. The fraction of sp³-hybridized carbons (Fsp3) is 0.286. The van der Waals surface area contributed by atoms with Crippen molar-refractivity contribution < 1.29 is 31.1 Å². The molecule has 0 saturated heterocycles. The van der Waals surface area contributed by atoms with Crippen molar-refractivity contribution in [1.29, 1.82) is 0 Å². The highest BCUT2D eigenvalue weighted by Gasteiger charge is 2.15. The SMILES string of the molecule is CCOC(=O)C[n+]1ccc2ccccc2c1C.[Br-]. The van der Waals surface area contributed by atoms with Crippen LogP contribution in [0.15, 0.2) is 36.5 Å². The molecule has 18 heavy (non-hydrogen) atoms. The highest BCUT2D eigenvalue weighted by Crippen LogP contribution is 2.14. The van der Waals surface area contributed by atoms with Gasteiger partial charge in [0, 0.05) is 18.4 Å². The first-order valence-corrected chi connectivity index (χ1v) is 5.75. The molecular weight excluding hydrogens is 294 g/mol. The molecule has 1 aromatic heterocycles. The van der Waals surface area contributed by atoms with Gasteiger partial charge in [0.1, 0.15) is 0 Å². The van der Waals surface area contributed by atoms with E-state index in [-0.39, 0.29) is 29.5 Å². The van der Waals surface area contributed by atoms with Crippen LogP contribution in [0.4, 0.5) is 0 Å². The number of aromatic nitrogens is 1. The second-order valence-corrected chi connectivity index (χ2v) is 3.92. The Balaban J connectivity index is 0.00000162. The van der Waals surface area contributed by atoms with Crippen molar-refractivity contribution in [2.45, 2.75) is 20.4 Å². The molecule has 96 valence electrons. The monoisotopic (exact) mass is 309 g/mol. The van der Waals surface area contributed by atoms with Crippen LogP contribution in [-0.4, -0.2) is 12.6 Å². The van der Waals surface area contributed by atoms with Crippen LogP contribution in [-0.2, 0) is 16.1 Å². The summed E-state index contributed by atoms with van der Waals surface area (Å²) in [6.45, 7) is 4.52. The molecule has 0 bridgehead atoms. The summed E-state index contributed by atoms with van der Waals surface area (Å²) in [7, 11) is 0. The number of halogens is 1. The van der Waals surface area contributed by atoms with Crippen LogP contribution in [0, 0.1) is 6.92 Å². The second kappa shape index (κ2) is 6.50. The third-order valence-electron chi connectivity index (χ3n) is 2.82. The maximum Gasteiger partial charge on any atom is 0.372 e. The molecule has 2 rings (SSSR count). The van der Waals surface area contributed by atoms with Gasteiger partial charge in [-0.15, -0.1) is 0 Å². The number of benzene rings is 1. The van der Waals surface area contributed by atoms with Crippen molar-refractivity contribution in [3.8, 4) is 0 Å². The Bertz CT molecular complexity index is 554. The lowest BCUT2D eigenvalue weighted by molar-refractivity contribution is -0.690. The van der Waals surface area contributed by atoms with Crippen LogP contribution >= 0.6 is 0 Å². The Morgan fingerprint density at radius 2 is 2.00 bits per heavy atom. The maximum atomic E-state index is 11.5. The number of carbonyl (C=O) groups is 1. The zero-order chi connectivity index (χ0) is 12.3. The molecule has 4 heteroatoms. The fourth-order valence-corrected chi connectivity index (χ4v) is 1.93. The average Bonchev–Trinajstić information content (AvgIpc) is 2.33. The minimum absolute atomic E-state index is 0. The van der Waals surface area contributed by atoms with Crippen LogP contribution in [0.25, 0.3) is 10.8 Å². The number of hydrogen-bond donors (Lipinski definition) is 0. The van der Waals surface area contributed by atoms with E-state index in [2.05, 4.69) is 12.1 Å². The van der Waals surface area contributed by atoms with E-state index >= 15 is 0 Å². The van der Waals surface area contributed by atoms with Gasteiger partial charge in [-0.3, -0.25) is 0 Å². The van der Waals surface area contributed by atoms with Crippen molar-refractivity contribution in [1.82, 2.24) is 0 Å². The first-order valence-electron chi connectivity index (χ1n) is 5.75. The summed E-state index contributed by atoms with van der Waals surface area (Å²) in [4.78, 5) is 11.5. The van der Waals surface area contributed by atoms with Crippen molar-refractivity contribution in [3.63, 3.8) is 0 Å². The van der Waals surface area contributed by atoms with E-state index < -0.39 is 0 Å². The summed E-state index contributed by atoms with van der Waals surface area (Å²) < 4.78 is 6.87. The topological polar surface area (TPSA) is 30.2 Å². The minimum Gasteiger partial charge on any atom is -1.00 e. The Labute approximate surface area is 117 Å². The number of nitrogens with zero attached hydrogens (tertiary/aromatic N) is 1. The summed E-state index contributed by atoms with van der Waals surface area (Å²) >= 11 is 0. The van der Waals surface area contributed by atoms with E-state index in [1.807, 2.05) is 42.8 Å². The van der Waals surface area contributed by atoms with E-state index in [1.165, 1.54) is 10.8 Å². The molecule has 0 unspecified atom stereocenters. The standard InChI is InChI=1S/C14H16NO2.BrH/c1-3-17-14(16)10-15-9-8-12-6-4-5-7-13(12)11(15)2;/h4-9H,3,10H2,1-2H3;1H/q+1;/p-1. The number of carbonyl (C=O) groups excluding carboxylic acids is 1. The van der Waals surface area contributed by atoms with Crippen LogP contribution < -0.4 is 21.5 Å². The lowest BCUT2D eigenvalue weighted by atomic mass is 10.1. The normalized spacial score (nSPS) is 9.89. The van der Waals surface area contributed by atoms with Gasteiger partial charge in [0.15, 0.2) is 11.9 Å². The molecule has 3 nitrogen and oxygen atoms in total. The summed E-state index contributed by atoms with van der Waals surface area (Å²) in [5, 5.41) is 2.35. The van der Waals surface area contributed by atoms with Crippen molar-refractivity contribution in [2.75, 3.05) is 6.61 Å². The van der Waals surface area contributed by atoms with Crippen LogP contribution in [0.3, 0.4) is 0 Å². The molecule has 0 N–H and O–H groups in total. The van der Waals surface area contributed by atoms with E-state index in [4.69, 9.17) is 4.74 Å². The molecule has 0 saturated carbocycles. The molecule has 1 heterocycles. The lowest BCUT2D eigenvalue weighted by Crippen LogP contribution is -3.00. The number of fused-ring (bicyclic) bond motifs is 1. The summed E-state index contributed by atoms with van der Waals surface area (Å²) in [5.74, 6) is -0.198. The lowest BCUT2D eigenvalue weighted by Gasteiger charge is -2.03. The molecule has 0 aliphatic heterocycles. The van der Waals surface area contributed by atoms with Crippen molar-refractivity contribution >= 4 is 16.7 Å². The minimum atomic E-state index is -0.198. The zero-order valence-corrected chi connectivity index (χ0v) is 12.1. The van der Waals surface area contributed by atoms with Crippen molar-refractivity contribution in [2.24, 2.45) is 0 Å². The quantitative estimate of drug-likeness (QED) is 0.538. The van der Waals surface area contributed by atoms with Gasteiger partial charge >= 0.3 is 5.97 Å². The van der Waals surface area contributed by atoms with Gasteiger partial charge in [-0.25, -0.2) is 4.79 Å². The maximum absolute atomic E-state index is 11.5. The van der Waals surface area contributed by atoms with Crippen molar-refractivity contribution in [3.05, 3.63) is 42.2 Å². The molecule has 0 aliphatic carbocycles. The van der Waals surface area contributed by atoms with E-state index in [1.54, 1.807) is 0 Å². The second-order valence-electron chi connectivity index (χ2n) is 3.92. The number of hydrogen-bond acceptors (Lipinski definition) is 2. The Morgan fingerprint density at radius 1 is 1.28 bits per heavy atom. The van der Waals surface area contributed by atoms with Crippen LogP contribution in [0.1, 0.15) is 12.6 Å². The third kappa shape index (κ3) is 3.07. The summed E-state index contributed by atoms with van der Waals surface area (Å²) in [6.07, 6.45) is 1.93. The van der Waals surface area contributed by atoms with Crippen LogP contribution in [0.2, 0.25) is 0 Å². The summed E-state index contributed by atoms with van der Waals surface area (Å²) in [6, 6.07) is 10.2. The third-order valence-corrected chi connectivity index (χ3v) is 2.82. The van der Waals surface area contributed by atoms with Crippen LogP contribution in [0.5, 0.6) is 0 Å². The predicted molar refractivity (Wildman–Crippen MR) is 65.5 cm³/mol. The number of rotatable bonds is 3. The number of pyridine rings is 1. The number of ether oxygens (including phenoxy) is 1. The molecule has 0 aliphatic rings. The number of aryl methyl sites for hydroxylation is 1. The van der Waals surface area contributed by atoms with Gasteiger partial charge in [-0.05, 0) is 18.4 Å². The molecule has 1 aromatic carbocycles. The van der Waals surface area contributed by atoms with Gasteiger partial charge in [-0.1, -0.05) is 18.2 Å². The molecule has 0 radical (unpaired) electrons. The molecule has 2 aromatic rings. The molecule has 0 spiro atoms. The molecule has 0 amide bonds. The highest BCUT2D eigenvalue weighted by molar-refractivity contribution is 5.83. The van der Waals surface area contributed by atoms with Gasteiger partial charge < -0.3 is 21.7 Å². The average molecular weight is 310 g/mol. The van der Waals surface area contributed by atoms with Gasteiger partial charge in [0.05, 0.1) is 6.61 Å². The van der Waals surface area contributed by atoms with E-state index in [0.29, 0.717) is 6.61 Å². The Hall–Kier alpha value is -1.42. The fourth-order valence-electron chi connectivity index (χ4n) is 1.93. The predicted octanol–water partition coefficient (Wildman–Crippen LogP) is -0.997. The zero-order valence-electron chi connectivity index (χ0n) is 10.5. The van der Waals surface area contributed by atoms with E-state index in [0.717, 1.165) is 5.69 Å². The van der Waals surface area contributed by atoms with Gasteiger partial charge in [-0.2, -0.15) is 4.57 Å². The Morgan fingerprint density at radius 3 is 2.72 bits per heavy atom. The molecule has 0 atom stereocenters. The number of esters is 1. The molecular formula is C14H16BrNO2. The largest absolute Gasteiger partial charge is 1.00 e. The van der Waals surface area contributed by atoms with E-state index in [9.17, 15) is 4.79 Å². The first kappa shape index (κ1) is 14.6. The first-order chi connectivity index (χ1) is 8.22. The van der Waals surface area contributed by atoms with Gasteiger partial charge in [0.25, 0.3) is 0 Å². The highest BCUT2D eigenvalue weighted by atomic mass is 79.9. The summed E-state index contributed by atoms with van der Waals surface area (Å²) in [5.41, 5.74) is 1.08. The molecule has 0 fully saturated rings. The smallest absolute Gasteiger partial charge is 0.372 e.